The average molecular weight is 347 g/mol. The van der Waals surface area contributed by atoms with Gasteiger partial charge in [-0.05, 0) is 30.5 Å². The number of hydrogen-bond donors (Lipinski definition) is 1. The summed E-state index contributed by atoms with van der Waals surface area (Å²) in [7, 11) is -4.24. The van der Waals surface area contributed by atoms with E-state index in [4.69, 9.17) is 9.92 Å². The fraction of sp³-hybridized carbons (Fsp3) is 0.278. The average Bonchev–Trinajstić information content (AvgIpc) is 2.53. The molecule has 0 radical (unpaired) electrons. The second-order valence-corrected chi connectivity index (χ2v) is 7.06. The predicted octanol–water partition coefficient (Wildman–Crippen LogP) is 3.67. The van der Waals surface area contributed by atoms with Crippen molar-refractivity contribution in [3.05, 3.63) is 48.0 Å². The van der Waals surface area contributed by atoms with Crippen LogP contribution in [0.1, 0.15) is 31.7 Å². The van der Waals surface area contributed by atoms with Crippen molar-refractivity contribution in [2.24, 2.45) is 0 Å². The highest BCUT2D eigenvalue weighted by molar-refractivity contribution is 7.87. The number of benzene rings is 2. The van der Waals surface area contributed by atoms with Gasteiger partial charge in [0.05, 0.1) is 5.69 Å². The summed E-state index contributed by atoms with van der Waals surface area (Å²) in [5, 5.41) is 0. The first-order chi connectivity index (χ1) is 11.4. The molecule has 2 N–H and O–H groups in total. The van der Waals surface area contributed by atoms with Crippen molar-refractivity contribution in [3.8, 4) is 11.1 Å². The molecule has 0 saturated carbocycles. The second kappa shape index (κ2) is 7.49. The van der Waals surface area contributed by atoms with Gasteiger partial charge in [0.25, 0.3) is 0 Å². The summed E-state index contributed by atoms with van der Waals surface area (Å²) >= 11 is 0. The van der Waals surface area contributed by atoms with Gasteiger partial charge in [0.1, 0.15) is 4.90 Å². The Morgan fingerprint density at radius 3 is 2.42 bits per heavy atom. The Balaban J connectivity index is 2.43. The zero-order valence-electron chi connectivity index (χ0n) is 13.8. The highest BCUT2D eigenvalue weighted by Crippen LogP contribution is 2.34. The Labute approximate surface area is 142 Å². The molecule has 0 aliphatic carbocycles. The molecule has 2 aromatic carbocycles. The number of carbonyl (C=O) groups excluding carboxylic acids is 1. The molecule has 0 aliphatic rings. The van der Waals surface area contributed by atoms with Crippen molar-refractivity contribution in [2.75, 3.05) is 5.73 Å². The summed E-state index contributed by atoms with van der Waals surface area (Å²) in [5.74, 6) is -0.766. The maximum absolute atomic E-state index is 12.4. The van der Waals surface area contributed by atoms with Gasteiger partial charge in [-0.3, -0.25) is 4.79 Å². The van der Waals surface area contributed by atoms with Crippen molar-refractivity contribution in [1.82, 2.24) is 0 Å². The van der Waals surface area contributed by atoms with Gasteiger partial charge in [-0.15, -0.1) is 0 Å². The zero-order valence-corrected chi connectivity index (χ0v) is 14.6. The van der Waals surface area contributed by atoms with Gasteiger partial charge in [0.15, 0.2) is 0 Å². The van der Waals surface area contributed by atoms with Crippen LogP contribution in [0.4, 0.5) is 5.69 Å². The Morgan fingerprint density at radius 1 is 1.12 bits per heavy atom. The van der Waals surface area contributed by atoms with E-state index in [1.807, 2.05) is 44.2 Å². The number of rotatable bonds is 6. The fourth-order valence-corrected chi connectivity index (χ4v) is 3.47. The Morgan fingerprint density at radius 2 is 1.79 bits per heavy atom. The molecule has 0 unspecified atom stereocenters. The minimum absolute atomic E-state index is 0.0625. The van der Waals surface area contributed by atoms with Crippen molar-refractivity contribution < 1.29 is 17.4 Å². The van der Waals surface area contributed by atoms with E-state index < -0.39 is 16.1 Å². The zero-order chi connectivity index (χ0) is 17.7. The molecule has 2 aromatic rings. The lowest BCUT2D eigenvalue weighted by atomic mass is 9.99. The first-order valence-electron chi connectivity index (χ1n) is 7.78. The van der Waals surface area contributed by atoms with Gasteiger partial charge in [-0.1, -0.05) is 49.7 Å². The lowest BCUT2D eigenvalue weighted by molar-refractivity contribution is -0.133. The van der Waals surface area contributed by atoms with E-state index in [-0.39, 0.29) is 17.0 Å². The van der Waals surface area contributed by atoms with Crippen LogP contribution in [-0.2, 0) is 19.1 Å². The molecule has 2 rings (SSSR count). The summed E-state index contributed by atoms with van der Waals surface area (Å²) in [6, 6.07) is 12.3. The Hall–Kier alpha value is -2.34. The number of nitrogen functional groups attached to an aromatic ring is 1. The quantitative estimate of drug-likeness (QED) is 0.636. The number of hydrogen-bond acceptors (Lipinski definition) is 5. The van der Waals surface area contributed by atoms with Crippen LogP contribution >= 0.6 is 0 Å². The van der Waals surface area contributed by atoms with Crippen molar-refractivity contribution in [2.45, 2.75) is 38.0 Å². The van der Waals surface area contributed by atoms with E-state index in [0.29, 0.717) is 12.0 Å². The lowest BCUT2D eigenvalue weighted by Crippen LogP contribution is -2.15. The highest BCUT2D eigenvalue weighted by Gasteiger charge is 2.25. The van der Waals surface area contributed by atoms with Crippen molar-refractivity contribution in [1.29, 1.82) is 0 Å². The molecule has 0 spiro atoms. The van der Waals surface area contributed by atoms with Gasteiger partial charge in [-0.25, -0.2) is 0 Å². The van der Waals surface area contributed by atoms with E-state index in [9.17, 15) is 13.2 Å². The molecule has 0 amide bonds. The predicted molar refractivity (Wildman–Crippen MR) is 93.8 cm³/mol. The SMILES string of the molecule is CCCCC(=O)OS(=O)(=O)c1ccc(C)c(-c2ccccc2)c1N. The number of nitrogens with two attached hydrogens (primary N) is 1. The summed E-state index contributed by atoms with van der Waals surface area (Å²) in [6.45, 7) is 3.76. The first kappa shape index (κ1) is 18.0. The maximum Gasteiger partial charge on any atom is 0.343 e. The topological polar surface area (TPSA) is 86.5 Å². The number of unbranched alkanes of at least 4 members (excludes halogenated alkanes) is 1. The Kier molecular flexibility index (Phi) is 5.62. The fourth-order valence-electron chi connectivity index (χ4n) is 2.45. The molecule has 0 bridgehead atoms. The number of anilines is 1. The summed E-state index contributed by atoms with van der Waals surface area (Å²) in [6.07, 6.45) is 1.42. The smallest absolute Gasteiger partial charge is 0.343 e. The molecule has 0 heterocycles. The first-order valence-corrected chi connectivity index (χ1v) is 9.19. The highest BCUT2D eigenvalue weighted by atomic mass is 32.2. The normalized spacial score (nSPS) is 11.2. The van der Waals surface area contributed by atoms with E-state index in [2.05, 4.69) is 0 Å². The van der Waals surface area contributed by atoms with Crippen LogP contribution in [-0.4, -0.2) is 14.4 Å². The van der Waals surface area contributed by atoms with E-state index in [0.717, 1.165) is 17.5 Å². The Bertz CT molecular complexity index is 830. The van der Waals surface area contributed by atoms with Crippen LogP contribution in [0.2, 0.25) is 0 Å². The van der Waals surface area contributed by atoms with Gasteiger partial charge in [0, 0.05) is 12.0 Å². The standard InChI is InChI=1S/C18H21NO4S/c1-3-4-10-16(20)23-24(21,22)15-12-11-13(2)17(18(15)19)14-8-6-5-7-9-14/h5-9,11-12H,3-4,10,19H2,1-2H3. The van der Waals surface area contributed by atoms with Crippen molar-refractivity contribution in [3.63, 3.8) is 0 Å². The third-order valence-electron chi connectivity index (χ3n) is 3.68. The number of carbonyl (C=O) groups is 1. The van der Waals surface area contributed by atoms with Crippen LogP contribution in [0, 0.1) is 6.92 Å². The molecule has 128 valence electrons. The van der Waals surface area contributed by atoms with Gasteiger partial charge in [-0.2, -0.15) is 8.42 Å². The van der Waals surface area contributed by atoms with E-state index in [1.54, 1.807) is 6.07 Å². The van der Waals surface area contributed by atoms with Crippen LogP contribution in [0.5, 0.6) is 0 Å². The van der Waals surface area contributed by atoms with Gasteiger partial charge < -0.3 is 9.92 Å². The molecule has 0 saturated heterocycles. The summed E-state index contributed by atoms with van der Waals surface area (Å²) < 4.78 is 29.5. The van der Waals surface area contributed by atoms with Crippen LogP contribution in [0.3, 0.4) is 0 Å². The maximum atomic E-state index is 12.4. The third-order valence-corrected chi connectivity index (χ3v) is 4.98. The van der Waals surface area contributed by atoms with Gasteiger partial charge >= 0.3 is 16.1 Å². The largest absolute Gasteiger partial charge is 0.397 e. The molecule has 0 aromatic heterocycles. The molecule has 5 nitrogen and oxygen atoms in total. The second-order valence-electron chi connectivity index (χ2n) is 5.55. The van der Waals surface area contributed by atoms with Crippen LogP contribution < -0.4 is 5.73 Å². The van der Waals surface area contributed by atoms with Crippen LogP contribution in [0.15, 0.2) is 47.4 Å². The molecule has 0 atom stereocenters. The van der Waals surface area contributed by atoms with E-state index >= 15 is 0 Å². The van der Waals surface area contributed by atoms with Crippen molar-refractivity contribution >= 4 is 21.8 Å². The van der Waals surface area contributed by atoms with Crippen LogP contribution in [0.25, 0.3) is 11.1 Å². The molecular weight excluding hydrogens is 326 g/mol. The molecule has 0 aliphatic heterocycles. The lowest BCUT2D eigenvalue weighted by Gasteiger charge is -2.14. The molecular formula is C18H21NO4S. The molecule has 24 heavy (non-hydrogen) atoms. The monoisotopic (exact) mass is 347 g/mol. The minimum Gasteiger partial charge on any atom is -0.397 e. The van der Waals surface area contributed by atoms with E-state index in [1.165, 1.54) is 6.07 Å². The number of aryl methyl sites for hydroxylation is 1. The summed E-state index contributed by atoms with van der Waals surface area (Å²) in [5.41, 5.74) is 8.47. The molecule has 0 fully saturated rings. The third kappa shape index (κ3) is 3.94. The summed E-state index contributed by atoms with van der Waals surface area (Å²) in [4.78, 5) is 11.5. The molecule has 6 heteroatoms. The van der Waals surface area contributed by atoms with Gasteiger partial charge in [0.2, 0.25) is 0 Å². The minimum atomic E-state index is -4.24.